The first-order valence-corrected chi connectivity index (χ1v) is 6.08. The minimum Gasteiger partial charge on any atom is -0.347 e. The lowest BCUT2D eigenvalue weighted by atomic mass is 9.94. The zero-order valence-electron chi connectivity index (χ0n) is 11.4. The topological polar surface area (TPSA) is 42.0 Å². The maximum atomic E-state index is 11.9. The van der Waals surface area contributed by atoms with Crippen LogP contribution in [0.25, 0.3) is 0 Å². The number of aromatic nitrogens is 1. The van der Waals surface area contributed by atoms with Gasteiger partial charge in [-0.25, -0.2) is 0 Å². The fraction of sp³-hybridized carbons (Fsp3) is 0.571. The average Bonchev–Trinajstić information content (AvgIpc) is 2.25. The van der Waals surface area contributed by atoms with Gasteiger partial charge in [-0.1, -0.05) is 33.8 Å². The number of amides is 1. The molecule has 0 aliphatic rings. The molecule has 1 amide bonds. The molecule has 1 N–H and O–H groups in total. The van der Waals surface area contributed by atoms with Gasteiger partial charge in [0.15, 0.2) is 0 Å². The van der Waals surface area contributed by atoms with E-state index >= 15 is 0 Å². The molecule has 0 saturated carbocycles. The standard InChI is InChI=1S/C14H22N2O/c1-6-11(16-13(17)14(3,4)5)12-8-7-10(2)9-15-12/h7-9,11H,6H2,1-5H3,(H,16,17)/t11-/m0/s1. The van der Waals surface area contributed by atoms with Gasteiger partial charge in [0.25, 0.3) is 0 Å². The van der Waals surface area contributed by atoms with Gasteiger partial charge in [-0.2, -0.15) is 0 Å². The highest BCUT2D eigenvalue weighted by Gasteiger charge is 2.24. The zero-order valence-corrected chi connectivity index (χ0v) is 11.4. The van der Waals surface area contributed by atoms with Crippen molar-refractivity contribution in [2.45, 2.75) is 47.1 Å². The third kappa shape index (κ3) is 3.84. The predicted molar refractivity (Wildman–Crippen MR) is 69.6 cm³/mol. The second-order valence-corrected chi connectivity index (χ2v) is 5.44. The summed E-state index contributed by atoms with van der Waals surface area (Å²) in [6.45, 7) is 9.80. The summed E-state index contributed by atoms with van der Waals surface area (Å²) in [6, 6.07) is 4.00. The Bertz CT molecular complexity index is 376. The second kappa shape index (κ2) is 5.30. The smallest absolute Gasteiger partial charge is 0.225 e. The van der Waals surface area contributed by atoms with Gasteiger partial charge >= 0.3 is 0 Å². The molecule has 94 valence electrons. The van der Waals surface area contributed by atoms with Crippen LogP contribution in [0.2, 0.25) is 0 Å². The van der Waals surface area contributed by atoms with E-state index in [1.807, 2.05) is 46.0 Å². The molecule has 17 heavy (non-hydrogen) atoms. The molecule has 0 aromatic carbocycles. The number of nitrogens with one attached hydrogen (secondary N) is 1. The van der Waals surface area contributed by atoms with Crippen molar-refractivity contribution in [1.29, 1.82) is 0 Å². The van der Waals surface area contributed by atoms with Crippen molar-refractivity contribution in [2.24, 2.45) is 5.41 Å². The van der Waals surface area contributed by atoms with E-state index in [4.69, 9.17) is 0 Å². The molecule has 0 saturated heterocycles. The van der Waals surface area contributed by atoms with Crippen LogP contribution in [0.4, 0.5) is 0 Å². The Kier molecular flexibility index (Phi) is 4.27. The van der Waals surface area contributed by atoms with Crippen LogP contribution in [0.3, 0.4) is 0 Å². The molecular weight excluding hydrogens is 212 g/mol. The number of aryl methyl sites for hydroxylation is 1. The van der Waals surface area contributed by atoms with E-state index < -0.39 is 0 Å². The van der Waals surface area contributed by atoms with Crippen molar-refractivity contribution < 1.29 is 4.79 Å². The van der Waals surface area contributed by atoms with Crippen LogP contribution in [0, 0.1) is 12.3 Å². The molecule has 3 nitrogen and oxygen atoms in total. The Morgan fingerprint density at radius 3 is 2.47 bits per heavy atom. The minimum absolute atomic E-state index is 0.00215. The molecular formula is C14H22N2O. The van der Waals surface area contributed by atoms with Gasteiger partial charge in [0.05, 0.1) is 11.7 Å². The van der Waals surface area contributed by atoms with E-state index in [0.717, 1.165) is 17.7 Å². The zero-order chi connectivity index (χ0) is 13.1. The molecule has 0 unspecified atom stereocenters. The van der Waals surface area contributed by atoms with Crippen LogP contribution in [-0.4, -0.2) is 10.9 Å². The normalized spacial score (nSPS) is 13.2. The van der Waals surface area contributed by atoms with E-state index in [-0.39, 0.29) is 17.4 Å². The van der Waals surface area contributed by atoms with Crippen molar-refractivity contribution in [3.05, 3.63) is 29.6 Å². The molecule has 0 fully saturated rings. The van der Waals surface area contributed by atoms with Gasteiger partial charge < -0.3 is 5.32 Å². The summed E-state index contributed by atoms with van der Waals surface area (Å²) in [5, 5.41) is 3.04. The van der Waals surface area contributed by atoms with Crippen molar-refractivity contribution in [2.75, 3.05) is 0 Å². The highest BCUT2D eigenvalue weighted by atomic mass is 16.2. The van der Waals surface area contributed by atoms with Crippen molar-refractivity contribution in [3.8, 4) is 0 Å². The lowest BCUT2D eigenvalue weighted by Crippen LogP contribution is -2.37. The van der Waals surface area contributed by atoms with Crippen LogP contribution < -0.4 is 5.32 Å². The second-order valence-electron chi connectivity index (χ2n) is 5.44. The van der Waals surface area contributed by atoms with Crippen molar-refractivity contribution in [1.82, 2.24) is 10.3 Å². The summed E-state index contributed by atoms with van der Waals surface area (Å²) in [6.07, 6.45) is 2.68. The lowest BCUT2D eigenvalue weighted by molar-refractivity contribution is -0.129. The van der Waals surface area contributed by atoms with E-state index in [9.17, 15) is 4.79 Å². The van der Waals surface area contributed by atoms with Crippen LogP contribution in [0.5, 0.6) is 0 Å². The quantitative estimate of drug-likeness (QED) is 0.873. The first-order chi connectivity index (χ1) is 7.84. The van der Waals surface area contributed by atoms with Crippen LogP contribution in [-0.2, 0) is 4.79 Å². The maximum absolute atomic E-state index is 11.9. The molecule has 1 aromatic rings. The maximum Gasteiger partial charge on any atom is 0.225 e. The van der Waals surface area contributed by atoms with Gasteiger partial charge in [0.1, 0.15) is 0 Å². The number of carbonyl (C=O) groups excluding carboxylic acids is 1. The summed E-state index contributed by atoms with van der Waals surface area (Å²) < 4.78 is 0. The Morgan fingerprint density at radius 1 is 1.41 bits per heavy atom. The largest absolute Gasteiger partial charge is 0.347 e. The highest BCUT2D eigenvalue weighted by molar-refractivity contribution is 5.81. The molecule has 3 heteroatoms. The first-order valence-electron chi connectivity index (χ1n) is 6.08. The summed E-state index contributed by atoms with van der Waals surface area (Å²) in [7, 11) is 0. The summed E-state index contributed by atoms with van der Waals surface area (Å²) in [5.41, 5.74) is 1.69. The van der Waals surface area contributed by atoms with E-state index in [2.05, 4.69) is 17.2 Å². The number of pyridine rings is 1. The molecule has 0 radical (unpaired) electrons. The predicted octanol–water partition coefficient (Wildman–Crippen LogP) is 3.00. The fourth-order valence-corrected chi connectivity index (χ4v) is 1.45. The van der Waals surface area contributed by atoms with Gasteiger partial charge in [-0.3, -0.25) is 9.78 Å². The molecule has 1 rings (SSSR count). The van der Waals surface area contributed by atoms with Crippen molar-refractivity contribution in [3.63, 3.8) is 0 Å². The number of hydrogen-bond acceptors (Lipinski definition) is 2. The van der Waals surface area contributed by atoms with Crippen LogP contribution >= 0.6 is 0 Å². The van der Waals surface area contributed by atoms with Crippen LogP contribution in [0.1, 0.15) is 51.4 Å². The lowest BCUT2D eigenvalue weighted by Gasteiger charge is -2.23. The number of nitrogens with zero attached hydrogens (tertiary/aromatic N) is 1. The van der Waals surface area contributed by atoms with Gasteiger partial charge in [-0.05, 0) is 25.0 Å². The molecule has 0 spiro atoms. The molecule has 0 bridgehead atoms. The first kappa shape index (κ1) is 13.7. The molecule has 1 atom stereocenters. The van der Waals surface area contributed by atoms with E-state index in [1.165, 1.54) is 0 Å². The van der Waals surface area contributed by atoms with Crippen molar-refractivity contribution >= 4 is 5.91 Å². The summed E-state index contributed by atoms with van der Waals surface area (Å²) in [4.78, 5) is 16.3. The summed E-state index contributed by atoms with van der Waals surface area (Å²) >= 11 is 0. The Labute approximate surface area is 104 Å². The third-order valence-corrected chi connectivity index (χ3v) is 2.69. The Balaban J connectivity index is 2.79. The number of rotatable bonds is 3. The third-order valence-electron chi connectivity index (χ3n) is 2.69. The molecule has 1 aromatic heterocycles. The monoisotopic (exact) mass is 234 g/mol. The molecule has 0 aliphatic heterocycles. The van der Waals surface area contributed by atoms with Gasteiger partial charge in [-0.15, -0.1) is 0 Å². The minimum atomic E-state index is -0.363. The average molecular weight is 234 g/mol. The SMILES string of the molecule is CC[C@H](NC(=O)C(C)(C)C)c1ccc(C)cn1. The highest BCUT2D eigenvalue weighted by Crippen LogP contribution is 2.19. The van der Waals surface area contributed by atoms with Crippen LogP contribution in [0.15, 0.2) is 18.3 Å². The molecule has 1 heterocycles. The Hall–Kier alpha value is -1.38. The van der Waals surface area contributed by atoms with E-state index in [0.29, 0.717) is 0 Å². The Morgan fingerprint density at radius 2 is 2.06 bits per heavy atom. The number of carbonyl (C=O) groups is 1. The molecule has 0 aliphatic carbocycles. The van der Waals surface area contributed by atoms with Gasteiger partial charge in [0.2, 0.25) is 5.91 Å². The fourth-order valence-electron chi connectivity index (χ4n) is 1.45. The summed E-state index contributed by atoms with van der Waals surface area (Å²) in [5.74, 6) is 0.0618. The van der Waals surface area contributed by atoms with Gasteiger partial charge in [0, 0.05) is 11.6 Å². The number of hydrogen-bond donors (Lipinski definition) is 1. The van der Waals surface area contributed by atoms with E-state index in [1.54, 1.807) is 0 Å².